The minimum Gasteiger partial charge on any atom is -0.493 e. The highest BCUT2D eigenvalue weighted by atomic mass is 32.2. The molecule has 160 valence electrons. The summed E-state index contributed by atoms with van der Waals surface area (Å²) in [5.41, 5.74) is 5.32. The summed E-state index contributed by atoms with van der Waals surface area (Å²) in [6.45, 7) is 2.86. The molecule has 0 fully saturated rings. The van der Waals surface area contributed by atoms with Gasteiger partial charge in [0.05, 0.1) is 12.8 Å². The van der Waals surface area contributed by atoms with E-state index in [2.05, 4.69) is 39.6 Å². The number of imidazole rings is 1. The number of hydrogen-bond acceptors (Lipinski definition) is 6. The van der Waals surface area contributed by atoms with Gasteiger partial charge in [-0.2, -0.15) is 5.26 Å². The maximum atomic E-state index is 14.5. The number of nitrogens with zero attached hydrogens (tertiary/aromatic N) is 4. The predicted molar refractivity (Wildman–Crippen MR) is 123 cm³/mol. The molecule has 2 aromatic carbocycles. The van der Waals surface area contributed by atoms with Gasteiger partial charge in [0.25, 0.3) is 0 Å². The molecule has 0 atom stereocenters. The minimum absolute atomic E-state index is 0.251. The van der Waals surface area contributed by atoms with E-state index in [1.54, 1.807) is 34.6 Å². The van der Waals surface area contributed by atoms with Gasteiger partial charge in [-0.1, -0.05) is 6.07 Å². The Labute approximate surface area is 189 Å². The van der Waals surface area contributed by atoms with Crippen molar-refractivity contribution >= 4 is 23.4 Å². The molecule has 0 bridgehead atoms. The second-order valence-electron chi connectivity index (χ2n) is 7.56. The van der Waals surface area contributed by atoms with Crippen LogP contribution in [0.2, 0.25) is 0 Å². The smallest absolute Gasteiger partial charge is 0.208 e. The summed E-state index contributed by atoms with van der Waals surface area (Å²) in [6, 6.07) is 11.4. The number of fused-ring (bicyclic) bond motifs is 2. The van der Waals surface area contributed by atoms with Crippen LogP contribution in [0.4, 0.5) is 10.3 Å². The van der Waals surface area contributed by atoms with Gasteiger partial charge in [-0.05, 0) is 48.6 Å². The summed E-state index contributed by atoms with van der Waals surface area (Å²) in [6.07, 6.45) is 6.12. The normalized spacial score (nSPS) is 12.4. The Hall–Kier alpha value is -3.57. The highest BCUT2D eigenvalue weighted by molar-refractivity contribution is 7.98. The van der Waals surface area contributed by atoms with E-state index in [0.29, 0.717) is 35.9 Å². The second kappa shape index (κ2) is 8.17. The van der Waals surface area contributed by atoms with E-state index in [4.69, 9.17) is 4.74 Å². The zero-order valence-corrected chi connectivity index (χ0v) is 18.5. The molecular weight excluding hydrogens is 425 g/mol. The first-order valence-electron chi connectivity index (χ1n) is 10.2. The number of anilines is 1. The van der Waals surface area contributed by atoms with Gasteiger partial charge in [0.15, 0.2) is 11.3 Å². The van der Waals surface area contributed by atoms with Crippen LogP contribution in [0.25, 0.3) is 16.8 Å². The van der Waals surface area contributed by atoms with Crippen molar-refractivity contribution in [1.29, 1.82) is 5.26 Å². The second-order valence-corrected chi connectivity index (χ2v) is 8.44. The van der Waals surface area contributed by atoms with E-state index < -0.39 is 0 Å². The molecule has 0 aliphatic carbocycles. The van der Waals surface area contributed by atoms with Gasteiger partial charge >= 0.3 is 0 Å². The average molecular weight is 446 g/mol. The van der Waals surface area contributed by atoms with Crippen LogP contribution in [-0.4, -0.2) is 27.2 Å². The summed E-state index contributed by atoms with van der Waals surface area (Å²) in [5.74, 6) is 0.949. The zero-order valence-electron chi connectivity index (χ0n) is 17.6. The van der Waals surface area contributed by atoms with Gasteiger partial charge in [-0.3, -0.25) is 4.40 Å². The molecular formula is C24H20FN5OS. The van der Waals surface area contributed by atoms with Crippen LogP contribution in [0.1, 0.15) is 22.4 Å². The summed E-state index contributed by atoms with van der Waals surface area (Å²) in [5, 5.41) is 12.7. The van der Waals surface area contributed by atoms with E-state index in [0.717, 1.165) is 28.0 Å². The molecule has 0 amide bonds. The van der Waals surface area contributed by atoms with Crippen molar-refractivity contribution in [1.82, 2.24) is 14.4 Å². The van der Waals surface area contributed by atoms with Gasteiger partial charge < -0.3 is 10.1 Å². The van der Waals surface area contributed by atoms with E-state index in [1.165, 1.54) is 11.0 Å². The van der Waals surface area contributed by atoms with Crippen molar-refractivity contribution in [3.63, 3.8) is 0 Å². The van der Waals surface area contributed by atoms with Gasteiger partial charge in [-0.25, -0.2) is 14.4 Å². The predicted octanol–water partition coefficient (Wildman–Crippen LogP) is 4.98. The van der Waals surface area contributed by atoms with Crippen LogP contribution in [0.5, 0.6) is 5.75 Å². The van der Waals surface area contributed by atoms with Gasteiger partial charge in [-0.15, -0.1) is 11.8 Å². The number of nitriles is 1. The van der Waals surface area contributed by atoms with Crippen LogP contribution < -0.4 is 10.1 Å². The first kappa shape index (κ1) is 20.3. The molecule has 0 unspecified atom stereocenters. The van der Waals surface area contributed by atoms with Crippen molar-refractivity contribution in [3.05, 3.63) is 70.9 Å². The number of benzene rings is 2. The monoisotopic (exact) mass is 445 g/mol. The van der Waals surface area contributed by atoms with E-state index in [9.17, 15) is 9.65 Å². The third-order valence-corrected chi connectivity index (χ3v) is 6.42. The Morgan fingerprint density at radius 2 is 2.16 bits per heavy atom. The molecule has 1 aliphatic rings. The lowest BCUT2D eigenvalue weighted by Gasteiger charge is -2.14. The molecule has 0 saturated heterocycles. The highest BCUT2D eigenvalue weighted by Crippen LogP contribution is 2.32. The maximum Gasteiger partial charge on any atom is 0.208 e. The number of aromatic nitrogens is 3. The van der Waals surface area contributed by atoms with Crippen molar-refractivity contribution in [2.45, 2.75) is 24.8 Å². The average Bonchev–Trinajstić information content (AvgIpc) is 3.46. The molecule has 0 spiro atoms. The van der Waals surface area contributed by atoms with Gasteiger partial charge in [0, 0.05) is 40.7 Å². The summed E-state index contributed by atoms with van der Waals surface area (Å²) in [7, 11) is 0. The first-order valence-corrected chi connectivity index (χ1v) is 11.4. The lowest BCUT2D eigenvalue weighted by molar-refractivity contribution is 0.356. The van der Waals surface area contributed by atoms with E-state index in [1.807, 2.05) is 13.2 Å². The van der Waals surface area contributed by atoms with Crippen molar-refractivity contribution in [3.8, 4) is 22.9 Å². The molecule has 1 aliphatic heterocycles. The number of hydrogen-bond donors (Lipinski definition) is 1. The minimum atomic E-state index is -0.275. The van der Waals surface area contributed by atoms with E-state index >= 15 is 0 Å². The number of nitrogens with one attached hydrogen (secondary N) is 1. The number of ether oxygens (including phenoxy) is 1. The number of aryl methyl sites for hydroxylation is 1. The largest absolute Gasteiger partial charge is 0.493 e. The van der Waals surface area contributed by atoms with Crippen molar-refractivity contribution in [2.75, 3.05) is 18.2 Å². The lowest BCUT2D eigenvalue weighted by Crippen LogP contribution is -2.09. The van der Waals surface area contributed by atoms with Crippen LogP contribution in [0.15, 0.2) is 47.6 Å². The highest BCUT2D eigenvalue weighted by Gasteiger charge is 2.20. The Morgan fingerprint density at radius 1 is 1.28 bits per heavy atom. The van der Waals surface area contributed by atoms with Gasteiger partial charge in [0.1, 0.15) is 17.6 Å². The van der Waals surface area contributed by atoms with Crippen LogP contribution >= 0.6 is 11.8 Å². The molecule has 0 radical (unpaired) electrons. The zero-order chi connectivity index (χ0) is 22.2. The van der Waals surface area contributed by atoms with Crippen LogP contribution in [0.3, 0.4) is 0 Å². The maximum absolute atomic E-state index is 14.5. The quantitative estimate of drug-likeness (QED) is 0.437. The fraction of sp³-hybridized carbons (Fsp3) is 0.208. The molecule has 6 nitrogen and oxygen atoms in total. The van der Waals surface area contributed by atoms with Crippen molar-refractivity contribution < 1.29 is 9.13 Å². The summed E-state index contributed by atoms with van der Waals surface area (Å²) in [4.78, 5) is 10.3. The van der Waals surface area contributed by atoms with E-state index in [-0.39, 0.29) is 12.4 Å². The molecule has 1 N–H and O–H groups in total. The van der Waals surface area contributed by atoms with Crippen molar-refractivity contribution in [2.24, 2.45) is 0 Å². The fourth-order valence-electron chi connectivity index (χ4n) is 4.09. The molecule has 5 rings (SSSR count). The summed E-state index contributed by atoms with van der Waals surface area (Å²) < 4.78 is 21.9. The summed E-state index contributed by atoms with van der Waals surface area (Å²) >= 11 is 1.69. The fourth-order valence-corrected chi connectivity index (χ4v) is 4.59. The molecule has 2 aromatic heterocycles. The number of rotatable bonds is 5. The third-order valence-electron chi connectivity index (χ3n) is 5.69. The molecule has 32 heavy (non-hydrogen) atoms. The SMILES string of the molecule is CSc1ccc(-c2cnc(NCc3c(F)ccc4c3CCO4)n3cc(C#N)nc23)c(C)c1. The van der Waals surface area contributed by atoms with Crippen LogP contribution in [-0.2, 0) is 13.0 Å². The van der Waals surface area contributed by atoms with Crippen LogP contribution in [0, 0.1) is 24.1 Å². The topological polar surface area (TPSA) is 75.2 Å². The Bertz CT molecular complexity index is 1390. The Morgan fingerprint density at radius 3 is 2.94 bits per heavy atom. The number of halogens is 1. The Balaban J connectivity index is 1.55. The van der Waals surface area contributed by atoms with Gasteiger partial charge in [0.2, 0.25) is 5.95 Å². The molecule has 0 saturated carbocycles. The number of thioether (sulfide) groups is 1. The standard InChI is InChI=1S/C24H20FN5OS/c1-14-9-16(32-2)3-4-17(14)20-12-28-24(30-13-15(10-26)29-23(20)30)27-11-19-18-7-8-31-22(18)6-5-21(19)25/h3-6,9,12-13H,7-8,11H2,1-2H3,(H,27,28). The third kappa shape index (κ3) is 3.45. The molecule has 4 aromatic rings. The lowest BCUT2D eigenvalue weighted by atomic mass is 10.0. The molecule has 8 heteroatoms. The first-order chi connectivity index (χ1) is 15.6. The Kier molecular flexibility index (Phi) is 5.19. The molecule has 3 heterocycles.